The Morgan fingerprint density at radius 1 is 1.29 bits per heavy atom. The van der Waals surface area contributed by atoms with Crippen molar-refractivity contribution >= 4 is 11.9 Å². The van der Waals surface area contributed by atoms with Crippen LogP contribution in [0.3, 0.4) is 0 Å². The molecule has 1 amide bonds. The van der Waals surface area contributed by atoms with Crippen molar-refractivity contribution in [1.82, 2.24) is 5.32 Å². The molecule has 0 aromatic heterocycles. The Morgan fingerprint density at radius 2 is 2.05 bits per heavy atom. The SMILES string of the molecule is O=C(CC1CCOC1)NC1CC(C(=O)O)c2ccccc21. The van der Waals surface area contributed by atoms with Gasteiger partial charge in [0.2, 0.25) is 5.91 Å². The number of ether oxygens (including phenoxy) is 1. The quantitative estimate of drug-likeness (QED) is 0.887. The Labute approximate surface area is 123 Å². The van der Waals surface area contributed by atoms with Crippen LogP contribution in [-0.4, -0.2) is 30.2 Å². The molecule has 2 N–H and O–H groups in total. The molecule has 1 aromatic rings. The van der Waals surface area contributed by atoms with Crippen LogP contribution in [0.1, 0.15) is 42.3 Å². The molecule has 5 heteroatoms. The normalized spacial score (nSPS) is 27.3. The lowest BCUT2D eigenvalue weighted by molar-refractivity contribution is -0.139. The lowest BCUT2D eigenvalue weighted by atomic mass is 10.0. The summed E-state index contributed by atoms with van der Waals surface area (Å²) in [6.45, 7) is 1.37. The van der Waals surface area contributed by atoms with E-state index in [9.17, 15) is 14.7 Å². The summed E-state index contributed by atoms with van der Waals surface area (Å²) in [6.07, 6.45) is 1.81. The van der Waals surface area contributed by atoms with Crippen molar-refractivity contribution < 1.29 is 19.4 Å². The highest BCUT2D eigenvalue weighted by Crippen LogP contribution is 2.40. The Hall–Kier alpha value is -1.88. The zero-order valence-corrected chi connectivity index (χ0v) is 11.7. The number of carbonyl (C=O) groups excluding carboxylic acids is 1. The number of carbonyl (C=O) groups is 2. The van der Waals surface area contributed by atoms with Gasteiger partial charge in [0.25, 0.3) is 0 Å². The molecule has 112 valence electrons. The number of carboxylic acids is 1. The van der Waals surface area contributed by atoms with Crippen LogP contribution in [-0.2, 0) is 14.3 Å². The maximum Gasteiger partial charge on any atom is 0.311 e. The van der Waals surface area contributed by atoms with Crippen molar-refractivity contribution in [3.05, 3.63) is 35.4 Å². The standard InChI is InChI=1S/C16H19NO4/c18-15(7-10-5-6-21-9-10)17-14-8-13(16(19)20)11-3-1-2-4-12(11)14/h1-4,10,13-14H,5-9H2,(H,17,18)(H,19,20). The molecule has 5 nitrogen and oxygen atoms in total. The Kier molecular flexibility index (Phi) is 3.92. The van der Waals surface area contributed by atoms with E-state index in [0.29, 0.717) is 19.4 Å². The number of aliphatic carboxylic acids is 1. The molecule has 2 aliphatic rings. The smallest absolute Gasteiger partial charge is 0.311 e. The van der Waals surface area contributed by atoms with Gasteiger partial charge in [0.15, 0.2) is 0 Å². The van der Waals surface area contributed by atoms with Crippen molar-refractivity contribution in [3.63, 3.8) is 0 Å². The maximum atomic E-state index is 12.1. The first kappa shape index (κ1) is 14.1. The summed E-state index contributed by atoms with van der Waals surface area (Å²) in [6, 6.07) is 7.27. The third kappa shape index (κ3) is 2.93. The van der Waals surface area contributed by atoms with Gasteiger partial charge in [0.1, 0.15) is 0 Å². The summed E-state index contributed by atoms with van der Waals surface area (Å²) in [5, 5.41) is 12.3. The van der Waals surface area contributed by atoms with Gasteiger partial charge in [-0.15, -0.1) is 0 Å². The summed E-state index contributed by atoms with van der Waals surface area (Å²) in [5.41, 5.74) is 1.75. The number of hydrogen-bond acceptors (Lipinski definition) is 3. The van der Waals surface area contributed by atoms with Crippen molar-refractivity contribution in [2.45, 2.75) is 31.2 Å². The number of carboxylic acid groups (broad SMARTS) is 1. The molecule has 1 aliphatic heterocycles. The van der Waals surface area contributed by atoms with Gasteiger partial charge in [-0.2, -0.15) is 0 Å². The summed E-state index contributed by atoms with van der Waals surface area (Å²) < 4.78 is 5.28. The monoisotopic (exact) mass is 289 g/mol. The fourth-order valence-electron chi connectivity index (χ4n) is 3.27. The number of nitrogens with one attached hydrogen (secondary N) is 1. The molecule has 0 saturated carbocycles. The molecule has 3 atom stereocenters. The summed E-state index contributed by atoms with van der Waals surface area (Å²) >= 11 is 0. The molecule has 1 heterocycles. The Morgan fingerprint density at radius 3 is 2.71 bits per heavy atom. The van der Waals surface area contributed by atoms with Gasteiger partial charge in [-0.05, 0) is 29.9 Å². The Bertz CT molecular complexity index is 551. The van der Waals surface area contributed by atoms with Crippen molar-refractivity contribution in [2.24, 2.45) is 5.92 Å². The van der Waals surface area contributed by atoms with Gasteiger partial charge < -0.3 is 15.2 Å². The fourth-order valence-corrected chi connectivity index (χ4v) is 3.27. The maximum absolute atomic E-state index is 12.1. The first-order valence-electron chi connectivity index (χ1n) is 7.34. The zero-order valence-electron chi connectivity index (χ0n) is 11.7. The van der Waals surface area contributed by atoms with E-state index in [4.69, 9.17) is 4.74 Å². The van der Waals surface area contributed by atoms with Crippen molar-refractivity contribution in [3.8, 4) is 0 Å². The predicted octanol–water partition coefficient (Wildman–Crippen LogP) is 1.84. The molecule has 3 unspecified atom stereocenters. The topological polar surface area (TPSA) is 75.6 Å². The number of amides is 1. The second-order valence-electron chi connectivity index (χ2n) is 5.81. The van der Waals surface area contributed by atoms with Gasteiger partial charge >= 0.3 is 5.97 Å². The molecule has 1 saturated heterocycles. The van der Waals surface area contributed by atoms with E-state index in [2.05, 4.69) is 5.32 Å². The van der Waals surface area contributed by atoms with Crippen LogP contribution in [0.15, 0.2) is 24.3 Å². The molecular weight excluding hydrogens is 270 g/mol. The number of hydrogen-bond donors (Lipinski definition) is 2. The Balaban J connectivity index is 1.68. The van der Waals surface area contributed by atoms with Crippen LogP contribution in [0, 0.1) is 5.92 Å². The van der Waals surface area contributed by atoms with Crippen LogP contribution >= 0.6 is 0 Å². The van der Waals surface area contributed by atoms with E-state index >= 15 is 0 Å². The molecular formula is C16H19NO4. The van der Waals surface area contributed by atoms with Gasteiger partial charge in [-0.1, -0.05) is 24.3 Å². The van der Waals surface area contributed by atoms with Gasteiger partial charge in [0, 0.05) is 19.6 Å². The third-order valence-electron chi connectivity index (χ3n) is 4.35. The molecule has 1 aliphatic carbocycles. The number of benzene rings is 1. The molecule has 0 bridgehead atoms. The van der Waals surface area contributed by atoms with Crippen molar-refractivity contribution in [2.75, 3.05) is 13.2 Å². The highest BCUT2D eigenvalue weighted by atomic mass is 16.5. The van der Waals surface area contributed by atoms with Crippen LogP contribution in [0.4, 0.5) is 0 Å². The summed E-state index contributed by atoms with van der Waals surface area (Å²) in [4.78, 5) is 23.5. The first-order valence-corrected chi connectivity index (χ1v) is 7.34. The molecule has 1 fully saturated rings. The highest BCUT2D eigenvalue weighted by molar-refractivity contribution is 5.80. The van der Waals surface area contributed by atoms with Gasteiger partial charge in [-0.3, -0.25) is 9.59 Å². The van der Waals surface area contributed by atoms with E-state index in [1.165, 1.54) is 0 Å². The highest BCUT2D eigenvalue weighted by Gasteiger charge is 2.36. The zero-order chi connectivity index (χ0) is 14.8. The first-order chi connectivity index (χ1) is 10.1. The second-order valence-corrected chi connectivity index (χ2v) is 5.81. The molecule has 0 spiro atoms. The minimum absolute atomic E-state index is 0.0173. The minimum Gasteiger partial charge on any atom is -0.481 e. The van der Waals surface area contributed by atoms with Gasteiger partial charge in [-0.25, -0.2) is 0 Å². The van der Waals surface area contributed by atoms with E-state index in [1.54, 1.807) is 0 Å². The summed E-state index contributed by atoms with van der Waals surface area (Å²) in [5.74, 6) is -1.09. The van der Waals surface area contributed by atoms with E-state index in [1.807, 2.05) is 24.3 Å². The largest absolute Gasteiger partial charge is 0.481 e. The predicted molar refractivity (Wildman–Crippen MR) is 75.9 cm³/mol. The minimum atomic E-state index is -0.830. The molecule has 1 aromatic carbocycles. The van der Waals surface area contributed by atoms with E-state index in [0.717, 1.165) is 24.2 Å². The van der Waals surface area contributed by atoms with E-state index in [-0.39, 0.29) is 17.9 Å². The lowest BCUT2D eigenvalue weighted by Gasteiger charge is -2.15. The fraction of sp³-hybridized carbons (Fsp3) is 0.500. The average Bonchev–Trinajstić information content (AvgIpc) is 3.07. The van der Waals surface area contributed by atoms with Gasteiger partial charge in [0.05, 0.1) is 12.0 Å². The third-order valence-corrected chi connectivity index (χ3v) is 4.35. The number of fused-ring (bicyclic) bond motifs is 1. The van der Waals surface area contributed by atoms with E-state index < -0.39 is 11.9 Å². The molecule has 0 radical (unpaired) electrons. The number of rotatable bonds is 4. The molecule has 3 rings (SSSR count). The second kappa shape index (κ2) is 5.85. The van der Waals surface area contributed by atoms with Crippen molar-refractivity contribution in [1.29, 1.82) is 0 Å². The summed E-state index contributed by atoms with van der Waals surface area (Å²) in [7, 11) is 0. The lowest BCUT2D eigenvalue weighted by Crippen LogP contribution is -2.29. The van der Waals surface area contributed by atoms with Crippen LogP contribution in [0.25, 0.3) is 0 Å². The van der Waals surface area contributed by atoms with Crippen LogP contribution in [0.2, 0.25) is 0 Å². The molecule has 21 heavy (non-hydrogen) atoms. The average molecular weight is 289 g/mol. The van der Waals surface area contributed by atoms with Crippen LogP contribution < -0.4 is 5.32 Å². The van der Waals surface area contributed by atoms with Crippen LogP contribution in [0.5, 0.6) is 0 Å².